The Labute approximate surface area is 486 Å². The molecule has 0 aromatic carbocycles. The summed E-state index contributed by atoms with van der Waals surface area (Å²) >= 11 is 0. The molecule has 0 heterocycles. The van der Waals surface area contributed by atoms with Crippen molar-refractivity contribution in [1.82, 2.24) is 5.32 Å². The summed E-state index contributed by atoms with van der Waals surface area (Å²) in [4.78, 5) is 40.0. The monoisotopic (exact) mass is 1120 g/mol. The third-order valence-corrected chi connectivity index (χ3v) is 14.4. The van der Waals surface area contributed by atoms with E-state index < -0.39 is 26.6 Å². The van der Waals surface area contributed by atoms with Crippen molar-refractivity contribution in [2.45, 2.75) is 264 Å². The third kappa shape index (κ3) is 58.9. The molecular weight excluding hydrogens is 1000 g/mol. The molecule has 3 atom stereocenters. The topological polar surface area (TPSA) is 114 Å². The van der Waals surface area contributed by atoms with Gasteiger partial charge in [0.1, 0.15) is 19.3 Å². The largest absolute Gasteiger partial charge is 0.756 e. The Morgan fingerprint density at radius 3 is 1.27 bits per heavy atom. The van der Waals surface area contributed by atoms with E-state index in [2.05, 4.69) is 123 Å². The molecule has 0 rings (SSSR count). The van der Waals surface area contributed by atoms with Gasteiger partial charge >= 0.3 is 5.97 Å². The zero-order chi connectivity index (χ0) is 57.9. The molecule has 0 saturated carbocycles. The van der Waals surface area contributed by atoms with Crippen LogP contribution in [0.25, 0.3) is 0 Å². The van der Waals surface area contributed by atoms with E-state index in [-0.39, 0.29) is 31.3 Å². The molecular formula is C69H119N2O7P. The van der Waals surface area contributed by atoms with Gasteiger partial charge in [-0.25, -0.2) is 0 Å². The van der Waals surface area contributed by atoms with Gasteiger partial charge in [-0.15, -0.1) is 0 Å². The first-order valence-corrected chi connectivity index (χ1v) is 33.3. The summed E-state index contributed by atoms with van der Waals surface area (Å²) in [5.41, 5.74) is 0. The molecule has 79 heavy (non-hydrogen) atoms. The minimum Gasteiger partial charge on any atom is -0.756 e. The fourth-order valence-electron chi connectivity index (χ4n) is 8.49. The average Bonchev–Trinajstić information content (AvgIpc) is 3.41. The number of ether oxygens (including phenoxy) is 1. The highest BCUT2D eigenvalue weighted by Gasteiger charge is 2.27. The van der Waals surface area contributed by atoms with Crippen LogP contribution in [0.4, 0.5) is 0 Å². The number of amides is 1. The van der Waals surface area contributed by atoms with E-state index >= 15 is 0 Å². The number of phosphoric ester groups is 1. The van der Waals surface area contributed by atoms with Gasteiger partial charge in [0, 0.05) is 12.8 Å². The predicted molar refractivity (Wildman–Crippen MR) is 339 cm³/mol. The molecule has 0 fully saturated rings. The van der Waals surface area contributed by atoms with Gasteiger partial charge in [0.15, 0.2) is 0 Å². The number of nitrogens with zero attached hydrogens (tertiary/aromatic N) is 1. The van der Waals surface area contributed by atoms with Crippen molar-refractivity contribution >= 4 is 19.7 Å². The minimum atomic E-state index is -4.73. The maximum absolute atomic E-state index is 13.5. The molecule has 0 saturated heterocycles. The lowest BCUT2D eigenvalue weighted by Gasteiger charge is -2.30. The zero-order valence-corrected chi connectivity index (χ0v) is 52.4. The van der Waals surface area contributed by atoms with Gasteiger partial charge < -0.3 is 28.5 Å². The lowest BCUT2D eigenvalue weighted by atomic mass is 10.0. The molecule has 0 aliphatic heterocycles. The second kappa shape index (κ2) is 57.6. The molecule has 0 aromatic rings. The van der Waals surface area contributed by atoms with Gasteiger partial charge in [0.25, 0.3) is 7.82 Å². The molecule has 452 valence electrons. The van der Waals surface area contributed by atoms with Gasteiger partial charge in [-0.05, 0) is 109 Å². The highest BCUT2D eigenvalue weighted by Crippen LogP contribution is 2.38. The van der Waals surface area contributed by atoms with Crippen LogP contribution in [-0.4, -0.2) is 69.4 Å². The second-order valence-corrected chi connectivity index (χ2v) is 23.6. The molecule has 1 N–H and O–H groups in total. The quantitative estimate of drug-likeness (QED) is 0.0212. The Morgan fingerprint density at radius 1 is 0.456 bits per heavy atom. The van der Waals surface area contributed by atoms with Crippen LogP contribution < -0.4 is 10.2 Å². The number of esters is 1. The van der Waals surface area contributed by atoms with Gasteiger partial charge in [-0.3, -0.25) is 14.2 Å². The Balaban J connectivity index is 5.28. The smallest absolute Gasteiger partial charge is 0.306 e. The van der Waals surface area contributed by atoms with E-state index in [4.69, 9.17) is 13.8 Å². The van der Waals surface area contributed by atoms with Gasteiger partial charge in [0.2, 0.25) is 5.91 Å². The lowest BCUT2D eigenvalue weighted by Crippen LogP contribution is -2.47. The number of rotatable bonds is 56. The van der Waals surface area contributed by atoms with Gasteiger partial charge in [-0.2, -0.15) is 0 Å². The first-order valence-electron chi connectivity index (χ1n) is 31.8. The number of allylic oxidation sites excluding steroid dienone is 19. The van der Waals surface area contributed by atoms with E-state index in [0.717, 1.165) is 96.3 Å². The van der Waals surface area contributed by atoms with Crippen molar-refractivity contribution in [3.05, 3.63) is 122 Å². The molecule has 1 amide bonds. The number of unbranched alkanes of at least 4 members (excludes halogenated alkanes) is 22. The van der Waals surface area contributed by atoms with E-state index in [1.807, 2.05) is 45.4 Å². The zero-order valence-electron chi connectivity index (χ0n) is 51.5. The molecule has 0 aliphatic carbocycles. The predicted octanol–water partition coefficient (Wildman–Crippen LogP) is 19.3. The molecule has 0 aliphatic rings. The summed E-state index contributed by atoms with van der Waals surface area (Å²) in [6.45, 7) is 6.62. The van der Waals surface area contributed by atoms with Crippen LogP contribution in [0.5, 0.6) is 0 Å². The normalized spacial score (nSPS) is 14.5. The van der Waals surface area contributed by atoms with Gasteiger partial charge in [-0.1, -0.05) is 252 Å². The Morgan fingerprint density at radius 2 is 0.823 bits per heavy atom. The number of quaternary nitrogens is 1. The number of hydrogen-bond acceptors (Lipinski definition) is 7. The van der Waals surface area contributed by atoms with E-state index in [1.54, 1.807) is 0 Å². The van der Waals surface area contributed by atoms with Crippen molar-refractivity contribution in [3.63, 3.8) is 0 Å². The number of carbonyl (C=O) groups is 2. The second-order valence-electron chi connectivity index (χ2n) is 22.2. The van der Waals surface area contributed by atoms with E-state index in [0.29, 0.717) is 23.9 Å². The fourth-order valence-corrected chi connectivity index (χ4v) is 9.22. The molecule has 0 radical (unpaired) electrons. The Bertz CT molecular complexity index is 1770. The van der Waals surface area contributed by atoms with Gasteiger partial charge in [0.05, 0.1) is 33.8 Å². The number of hydrogen-bond donors (Lipinski definition) is 1. The number of likely N-dealkylation sites (N-methyl/N-ethyl adjacent to an activating group) is 1. The van der Waals surface area contributed by atoms with Crippen molar-refractivity contribution in [1.29, 1.82) is 0 Å². The number of carbonyl (C=O) groups excluding carboxylic acids is 2. The van der Waals surface area contributed by atoms with Crippen LogP contribution >= 0.6 is 7.82 Å². The van der Waals surface area contributed by atoms with Crippen molar-refractivity contribution in [3.8, 4) is 0 Å². The molecule has 0 aromatic heterocycles. The number of phosphoric acid groups is 1. The van der Waals surface area contributed by atoms with Crippen LogP contribution in [0.2, 0.25) is 0 Å². The summed E-state index contributed by atoms with van der Waals surface area (Å²) in [5.74, 6) is -0.650. The first kappa shape index (κ1) is 75.4. The standard InChI is InChI=1S/C69H119N2O7P/c1-7-10-13-16-19-22-25-27-29-31-33-34-35-36-38-40-42-44-47-50-53-56-59-62-69(73)78-67(60-57-54-51-48-45-24-21-18-15-12-9-3)66(65-77-79(74,75)76-64-63-71(4,5)6)70-68(72)61-58-55-52-49-46-43-41-39-37-32-30-28-26-23-20-17-14-11-8-2/h11,14,19-20,22-23,27-30,33-34,37,39,43,46,52,55,57,60,66-67H,7-10,12-13,15-18,21,24-26,31-32,35-36,38,40-42,44-45,47-51,53-54,56,58-59,61-65H2,1-6H3,(H-,70,72,74,75)/b14-11-,22-19-,23-20-,29-27-,30-28-,34-33-,39-37-,46-43-,55-52-,60-57+. The molecule has 10 heteroatoms. The van der Waals surface area contributed by atoms with Crippen LogP contribution in [0.1, 0.15) is 252 Å². The van der Waals surface area contributed by atoms with Crippen LogP contribution in [-0.2, 0) is 27.9 Å². The van der Waals surface area contributed by atoms with Crippen LogP contribution in [0, 0.1) is 0 Å². The van der Waals surface area contributed by atoms with Crippen molar-refractivity contribution in [2.24, 2.45) is 0 Å². The van der Waals surface area contributed by atoms with Crippen molar-refractivity contribution < 1.29 is 37.3 Å². The molecule has 3 unspecified atom stereocenters. The average molecular weight is 1120 g/mol. The Kier molecular flexibility index (Phi) is 55.0. The number of nitrogens with one attached hydrogen (secondary N) is 1. The summed E-state index contributed by atoms with van der Waals surface area (Å²) in [5, 5.41) is 2.97. The summed E-state index contributed by atoms with van der Waals surface area (Å²) < 4.78 is 30.3. The lowest BCUT2D eigenvalue weighted by molar-refractivity contribution is -0.870. The van der Waals surface area contributed by atoms with Crippen LogP contribution in [0.15, 0.2) is 122 Å². The Hall–Kier alpha value is -3.59. The first-order chi connectivity index (χ1) is 38.4. The summed E-state index contributed by atoms with van der Waals surface area (Å²) in [7, 11) is 1.12. The highest BCUT2D eigenvalue weighted by molar-refractivity contribution is 7.45. The fraction of sp³-hybridized carbons (Fsp3) is 0.681. The summed E-state index contributed by atoms with van der Waals surface area (Å²) in [6, 6.07) is -0.938. The summed E-state index contributed by atoms with van der Waals surface area (Å²) in [6.07, 6.45) is 80.5. The third-order valence-electron chi connectivity index (χ3n) is 13.4. The maximum Gasteiger partial charge on any atom is 0.306 e. The molecule has 0 bridgehead atoms. The molecule has 9 nitrogen and oxygen atoms in total. The van der Waals surface area contributed by atoms with Crippen LogP contribution in [0.3, 0.4) is 0 Å². The molecule has 0 spiro atoms. The minimum absolute atomic E-state index is 0.0426. The maximum atomic E-state index is 13.5. The van der Waals surface area contributed by atoms with E-state index in [9.17, 15) is 19.0 Å². The SMILES string of the molecule is CC/C=C\C/C=C\C/C=C\C/C=C\C/C=C\C/C=C\CCC(=O)NC(COP(=O)([O-])OCC[N+](C)(C)C)C(/C=C/CCCCCCCCCCC)OC(=O)CCCCCCCCCCCC/C=C\C/C=C\C/C=C\CCCCC. The van der Waals surface area contributed by atoms with Crippen molar-refractivity contribution in [2.75, 3.05) is 40.9 Å². The van der Waals surface area contributed by atoms with E-state index in [1.165, 1.54) is 109 Å². The highest BCUT2D eigenvalue weighted by atomic mass is 31.2.